The van der Waals surface area contributed by atoms with Crippen LogP contribution in [0.5, 0.6) is 0 Å². The molecule has 154 valence electrons. The fourth-order valence-electron chi connectivity index (χ4n) is 4.15. The highest BCUT2D eigenvalue weighted by Gasteiger charge is 2.38. The van der Waals surface area contributed by atoms with Crippen molar-refractivity contribution in [2.24, 2.45) is 0 Å². The van der Waals surface area contributed by atoms with Crippen molar-refractivity contribution in [3.63, 3.8) is 0 Å². The van der Waals surface area contributed by atoms with Crippen LogP contribution >= 0.6 is 0 Å². The summed E-state index contributed by atoms with van der Waals surface area (Å²) in [6, 6.07) is 9.50. The molecule has 2 unspecified atom stereocenters. The van der Waals surface area contributed by atoms with Gasteiger partial charge < -0.3 is 14.2 Å². The van der Waals surface area contributed by atoms with Gasteiger partial charge in [0.2, 0.25) is 5.91 Å². The third kappa shape index (κ3) is 4.04. The SMILES string of the molecule is CCOC(=O)C1NNCC1c1c(-c2ccccc2)ncn1CCN1CCCC1=O. The molecule has 2 fully saturated rings. The van der Waals surface area contributed by atoms with E-state index < -0.39 is 6.04 Å². The average Bonchev–Trinajstić information content (AvgIpc) is 3.46. The van der Waals surface area contributed by atoms with Crippen LogP contribution in [0.25, 0.3) is 11.3 Å². The predicted octanol–water partition coefficient (Wildman–Crippen LogP) is 1.30. The number of benzene rings is 1. The van der Waals surface area contributed by atoms with E-state index in [-0.39, 0.29) is 17.8 Å². The topological polar surface area (TPSA) is 88.5 Å². The lowest BCUT2D eigenvalue weighted by atomic mass is 9.94. The molecule has 1 aromatic carbocycles. The van der Waals surface area contributed by atoms with Crippen LogP contribution in [-0.2, 0) is 20.9 Å². The molecule has 1 aromatic heterocycles. The fourth-order valence-corrected chi connectivity index (χ4v) is 4.15. The van der Waals surface area contributed by atoms with Gasteiger partial charge in [0.05, 0.1) is 24.3 Å². The lowest BCUT2D eigenvalue weighted by molar-refractivity contribution is -0.145. The highest BCUT2D eigenvalue weighted by molar-refractivity contribution is 5.79. The Bertz CT molecular complexity index is 866. The summed E-state index contributed by atoms with van der Waals surface area (Å²) in [7, 11) is 0. The van der Waals surface area contributed by atoms with E-state index in [0.29, 0.717) is 32.7 Å². The molecule has 0 radical (unpaired) electrons. The number of hydrogen-bond acceptors (Lipinski definition) is 6. The number of ether oxygens (including phenoxy) is 1. The van der Waals surface area contributed by atoms with Crippen LogP contribution in [0.15, 0.2) is 36.7 Å². The van der Waals surface area contributed by atoms with Crippen molar-refractivity contribution in [1.29, 1.82) is 0 Å². The average molecular weight is 397 g/mol. The summed E-state index contributed by atoms with van der Waals surface area (Å²) in [5.41, 5.74) is 9.02. The molecular weight excluding hydrogens is 370 g/mol. The minimum Gasteiger partial charge on any atom is -0.465 e. The molecule has 2 aromatic rings. The number of amides is 1. The summed E-state index contributed by atoms with van der Waals surface area (Å²) in [4.78, 5) is 31.1. The smallest absolute Gasteiger partial charge is 0.325 e. The van der Waals surface area contributed by atoms with Gasteiger partial charge in [-0.05, 0) is 13.3 Å². The molecular formula is C21H27N5O3. The molecule has 3 heterocycles. The van der Waals surface area contributed by atoms with Crippen molar-refractivity contribution in [3.8, 4) is 11.3 Å². The van der Waals surface area contributed by atoms with Crippen molar-refractivity contribution in [2.45, 2.75) is 38.3 Å². The van der Waals surface area contributed by atoms with Gasteiger partial charge in [-0.2, -0.15) is 0 Å². The van der Waals surface area contributed by atoms with Crippen LogP contribution in [0, 0.1) is 0 Å². The van der Waals surface area contributed by atoms with Crippen LogP contribution in [-0.4, -0.2) is 58.6 Å². The predicted molar refractivity (Wildman–Crippen MR) is 108 cm³/mol. The third-order valence-electron chi connectivity index (χ3n) is 5.58. The van der Waals surface area contributed by atoms with Gasteiger partial charge in [0.25, 0.3) is 0 Å². The zero-order valence-electron chi connectivity index (χ0n) is 16.6. The van der Waals surface area contributed by atoms with E-state index >= 15 is 0 Å². The third-order valence-corrected chi connectivity index (χ3v) is 5.58. The molecule has 2 aliphatic rings. The number of carbonyl (C=O) groups excluding carboxylic acids is 2. The molecule has 2 aliphatic heterocycles. The standard InChI is InChI=1S/C21H27N5O3/c1-2-29-21(28)19-16(13-23-24-19)20-18(15-7-4-3-5-8-15)22-14-26(20)12-11-25-10-6-9-17(25)27/h3-5,7-8,14,16,19,23-24H,2,6,9-13H2,1H3. The monoisotopic (exact) mass is 397 g/mol. The van der Waals surface area contributed by atoms with Crippen molar-refractivity contribution in [3.05, 3.63) is 42.4 Å². The van der Waals surface area contributed by atoms with E-state index in [1.165, 1.54) is 0 Å². The highest BCUT2D eigenvalue weighted by atomic mass is 16.5. The van der Waals surface area contributed by atoms with Crippen LogP contribution in [0.4, 0.5) is 0 Å². The number of nitrogens with one attached hydrogen (secondary N) is 2. The first-order chi connectivity index (χ1) is 14.2. The quantitative estimate of drug-likeness (QED) is 0.685. The maximum Gasteiger partial charge on any atom is 0.325 e. The number of likely N-dealkylation sites (tertiary alicyclic amines) is 1. The van der Waals surface area contributed by atoms with Gasteiger partial charge in [-0.3, -0.25) is 15.0 Å². The summed E-state index contributed by atoms with van der Waals surface area (Å²) < 4.78 is 7.35. The van der Waals surface area contributed by atoms with Crippen LogP contribution in [0.2, 0.25) is 0 Å². The number of aromatic nitrogens is 2. The van der Waals surface area contributed by atoms with E-state index in [0.717, 1.165) is 29.9 Å². The minimum atomic E-state index is -0.485. The van der Waals surface area contributed by atoms with E-state index in [4.69, 9.17) is 4.74 Å². The Morgan fingerprint density at radius 1 is 1.28 bits per heavy atom. The Morgan fingerprint density at radius 2 is 2.10 bits per heavy atom. The van der Waals surface area contributed by atoms with Crippen LogP contribution in [0.3, 0.4) is 0 Å². The molecule has 0 spiro atoms. The van der Waals surface area contributed by atoms with Gasteiger partial charge >= 0.3 is 5.97 Å². The molecule has 8 nitrogen and oxygen atoms in total. The summed E-state index contributed by atoms with van der Waals surface area (Å²) in [5, 5.41) is 0. The second-order valence-electron chi connectivity index (χ2n) is 7.38. The lowest BCUT2D eigenvalue weighted by Crippen LogP contribution is -2.40. The zero-order chi connectivity index (χ0) is 20.2. The molecule has 2 N–H and O–H groups in total. The summed E-state index contributed by atoms with van der Waals surface area (Å²) in [6.07, 6.45) is 3.37. The second kappa shape index (κ2) is 8.75. The first kappa shape index (κ1) is 19.6. The van der Waals surface area contributed by atoms with Crippen LogP contribution < -0.4 is 10.9 Å². The van der Waals surface area contributed by atoms with Gasteiger partial charge in [0.1, 0.15) is 6.04 Å². The van der Waals surface area contributed by atoms with E-state index in [1.807, 2.05) is 48.5 Å². The number of hydrogen-bond donors (Lipinski definition) is 2. The summed E-state index contributed by atoms with van der Waals surface area (Å²) in [5.74, 6) is -0.187. The Hall–Kier alpha value is -2.71. The molecule has 4 rings (SSSR count). The Kier molecular flexibility index (Phi) is 5.92. The Balaban J connectivity index is 1.66. The molecule has 0 aliphatic carbocycles. The molecule has 8 heteroatoms. The number of carbonyl (C=O) groups is 2. The molecule has 2 saturated heterocycles. The second-order valence-corrected chi connectivity index (χ2v) is 7.38. The Morgan fingerprint density at radius 3 is 2.83 bits per heavy atom. The van der Waals surface area contributed by atoms with Gasteiger partial charge in [-0.1, -0.05) is 30.3 Å². The molecule has 0 saturated carbocycles. The molecule has 0 bridgehead atoms. The Labute approximate surface area is 170 Å². The number of rotatable bonds is 7. The molecule has 2 atom stereocenters. The number of nitrogens with zero attached hydrogens (tertiary/aromatic N) is 3. The lowest BCUT2D eigenvalue weighted by Gasteiger charge is -2.22. The largest absolute Gasteiger partial charge is 0.465 e. The normalized spacial score (nSPS) is 21.7. The zero-order valence-corrected chi connectivity index (χ0v) is 16.6. The van der Waals surface area contributed by atoms with Gasteiger partial charge in [0, 0.05) is 44.1 Å². The van der Waals surface area contributed by atoms with E-state index in [9.17, 15) is 9.59 Å². The van der Waals surface area contributed by atoms with Gasteiger partial charge in [-0.25, -0.2) is 10.4 Å². The van der Waals surface area contributed by atoms with Crippen LogP contribution in [0.1, 0.15) is 31.4 Å². The molecule has 1 amide bonds. The first-order valence-electron chi connectivity index (χ1n) is 10.2. The number of imidazole rings is 1. The maximum atomic E-state index is 12.5. The maximum absolute atomic E-state index is 12.5. The fraction of sp³-hybridized carbons (Fsp3) is 0.476. The highest BCUT2D eigenvalue weighted by Crippen LogP contribution is 2.32. The van der Waals surface area contributed by atoms with Crippen molar-refractivity contribution < 1.29 is 14.3 Å². The summed E-state index contributed by atoms with van der Waals surface area (Å²) >= 11 is 0. The number of esters is 1. The van der Waals surface area contributed by atoms with Gasteiger partial charge in [-0.15, -0.1) is 0 Å². The van der Waals surface area contributed by atoms with Crippen molar-refractivity contribution in [2.75, 3.05) is 26.2 Å². The molecule has 29 heavy (non-hydrogen) atoms. The number of hydrazine groups is 1. The first-order valence-corrected chi connectivity index (χ1v) is 10.2. The van der Waals surface area contributed by atoms with Crippen molar-refractivity contribution in [1.82, 2.24) is 25.3 Å². The summed E-state index contributed by atoms with van der Waals surface area (Å²) in [6.45, 7) is 4.85. The van der Waals surface area contributed by atoms with Gasteiger partial charge in [0.15, 0.2) is 0 Å². The van der Waals surface area contributed by atoms with E-state index in [2.05, 4.69) is 20.4 Å². The van der Waals surface area contributed by atoms with E-state index in [1.54, 1.807) is 0 Å². The van der Waals surface area contributed by atoms with Crippen molar-refractivity contribution >= 4 is 11.9 Å². The minimum absolute atomic E-state index is 0.124.